The number of hydrogen-bond acceptors (Lipinski definition) is 3. The van der Waals surface area contributed by atoms with Crippen LogP contribution in [-0.4, -0.2) is 22.6 Å². The number of carbonyl (C=O) groups is 1. The van der Waals surface area contributed by atoms with Gasteiger partial charge in [0.05, 0.1) is 10.1 Å². The Morgan fingerprint density at radius 1 is 1.27 bits per heavy atom. The number of thioether (sulfide) groups is 2. The van der Waals surface area contributed by atoms with Crippen molar-refractivity contribution in [2.45, 2.75) is 11.0 Å². The van der Waals surface area contributed by atoms with Crippen molar-refractivity contribution in [1.82, 2.24) is 0 Å². The summed E-state index contributed by atoms with van der Waals surface area (Å²) in [4.78, 5) is 11.0. The molecule has 1 saturated heterocycles. The Balaban J connectivity index is 2.29. The number of rotatable bonds is 2. The molecule has 1 heterocycles. The molecule has 0 spiro atoms. The SMILES string of the molecule is O=C(O)c1ccccc1C1SCCCS1. The van der Waals surface area contributed by atoms with Gasteiger partial charge in [-0.15, -0.1) is 23.5 Å². The van der Waals surface area contributed by atoms with Crippen molar-refractivity contribution >= 4 is 29.5 Å². The van der Waals surface area contributed by atoms with Crippen LogP contribution in [0.1, 0.15) is 26.9 Å². The van der Waals surface area contributed by atoms with E-state index in [9.17, 15) is 4.79 Å². The molecule has 0 aromatic heterocycles. The van der Waals surface area contributed by atoms with Gasteiger partial charge in [-0.25, -0.2) is 4.79 Å². The lowest BCUT2D eigenvalue weighted by atomic mass is 10.1. The monoisotopic (exact) mass is 240 g/mol. The summed E-state index contributed by atoms with van der Waals surface area (Å²) in [6.07, 6.45) is 1.22. The molecule has 2 rings (SSSR count). The second-order valence-electron chi connectivity index (χ2n) is 3.32. The molecular formula is C11H12O2S2. The average Bonchev–Trinajstić information content (AvgIpc) is 2.30. The molecule has 1 aliphatic rings. The molecule has 0 bridgehead atoms. The number of benzene rings is 1. The lowest BCUT2D eigenvalue weighted by molar-refractivity contribution is 0.0696. The molecule has 1 aromatic carbocycles. The zero-order valence-electron chi connectivity index (χ0n) is 8.18. The normalized spacial score (nSPS) is 17.6. The summed E-state index contributed by atoms with van der Waals surface area (Å²) in [5.41, 5.74) is 1.41. The molecule has 15 heavy (non-hydrogen) atoms. The van der Waals surface area contributed by atoms with Crippen LogP contribution in [0.5, 0.6) is 0 Å². The van der Waals surface area contributed by atoms with Crippen LogP contribution in [0, 0.1) is 0 Å². The lowest BCUT2D eigenvalue weighted by Crippen LogP contribution is -2.07. The number of carboxylic acid groups (broad SMARTS) is 1. The van der Waals surface area contributed by atoms with Gasteiger partial charge in [0.2, 0.25) is 0 Å². The molecule has 0 aliphatic carbocycles. The van der Waals surface area contributed by atoms with Gasteiger partial charge in [-0.05, 0) is 29.6 Å². The lowest BCUT2D eigenvalue weighted by Gasteiger charge is -2.22. The van der Waals surface area contributed by atoms with Crippen molar-refractivity contribution in [2.75, 3.05) is 11.5 Å². The average molecular weight is 240 g/mol. The van der Waals surface area contributed by atoms with Crippen molar-refractivity contribution in [3.05, 3.63) is 35.4 Å². The number of carboxylic acids is 1. The maximum Gasteiger partial charge on any atom is 0.336 e. The molecular weight excluding hydrogens is 228 g/mol. The molecule has 1 fully saturated rings. The van der Waals surface area contributed by atoms with Crippen LogP contribution in [-0.2, 0) is 0 Å². The van der Waals surface area contributed by atoms with Crippen LogP contribution in [0.15, 0.2) is 24.3 Å². The van der Waals surface area contributed by atoms with Crippen molar-refractivity contribution in [1.29, 1.82) is 0 Å². The van der Waals surface area contributed by atoms with Crippen LogP contribution in [0.2, 0.25) is 0 Å². The fourth-order valence-corrected chi connectivity index (χ4v) is 4.53. The summed E-state index contributed by atoms with van der Waals surface area (Å²) in [6, 6.07) is 7.31. The van der Waals surface area contributed by atoms with E-state index in [4.69, 9.17) is 5.11 Å². The Hall–Kier alpha value is -0.610. The number of hydrogen-bond donors (Lipinski definition) is 1. The minimum atomic E-state index is -0.822. The highest BCUT2D eigenvalue weighted by Crippen LogP contribution is 2.44. The van der Waals surface area contributed by atoms with E-state index in [-0.39, 0.29) is 0 Å². The molecule has 1 aromatic rings. The number of aromatic carboxylic acids is 1. The highest BCUT2D eigenvalue weighted by atomic mass is 32.2. The first-order valence-corrected chi connectivity index (χ1v) is 6.94. The zero-order chi connectivity index (χ0) is 10.7. The Labute approximate surface area is 97.5 Å². The predicted octanol–water partition coefficient (Wildman–Crippen LogP) is 3.25. The first-order chi connectivity index (χ1) is 7.29. The van der Waals surface area contributed by atoms with E-state index in [1.807, 2.05) is 35.7 Å². The Bertz CT molecular complexity index is 359. The van der Waals surface area contributed by atoms with Crippen LogP contribution < -0.4 is 0 Å². The van der Waals surface area contributed by atoms with E-state index in [0.29, 0.717) is 10.1 Å². The van der Waals surface area contributed by atoms with Crippen LogP contribution in [0.4, 0.5) is 0 Å². The van der Waals surface area contributed by atoms with Crippen LogP contribution in [0.3, 0.4) is 0 Å². The van der Waals surface area contributed by atoms with Crippen molar-refractivity contribution < 1.29 is 9.90 Å². The molecule has 4 heteroatoms. The second-order valence-corrected chi connectivity index (χ2v) is 6.04. The topological polar surface area (TPSA) is 37.3 Å². The van der Waals surface area contributed by atoms with Gasteiger partial charge in [-0.1, -0.05) is 18.2 Å². The molecule has 0 radical (unpaired) electrons. The van der Waals surface area contributed by atoms with E-state index >= 15 is 0 Å². The van der Waals surface area contributed by atoms with E-state index in [0.717, 1.165) is 17.1 Å². The van der Waals surface area contributed by atoms with Crippen molar-refractivity contribution in [3.8, 4) is 0 Å². The summed E-state index contributed by atoms with van der Waals surface area (Å²) in [6.45, 7) is 0. The molecule has 0 atom stereocenters. The molecule has 1 N–H and O–H groups in total. The van der Waals surface area contributed by atoms with Gasteiger partial charge in [-0.2, -0.15) is 0 Å². The van der Waals surface area contributed by atoms with Gasteiger partial charge in [0.15, 0.2) is 0 Å². The fourth-order valence-electron chi connectivity index (χ4n) is 1.56. The van der Waals surface area contributed by atoms with Crippen molar-refractivity contribution in [2.24, 2.45) is 0 Å². The van der Waals surface area contributed by atoms with E-state index in [2.05, 4.69) is 0 Å². The summed E-state index contributed by atoms with van der Waals surface area (Å²) in [5.74, 6) is 1.44. The van der Waals surface area contributed by atoms with Gasteiger partial charge in [-0.3, -0.25) is 0 Å². The first kappa shape index (κ1) is 10.9. The standard InChI is InChI=1S/C11H12O2S2/c12-10(13)8-4-1-2-5-9(8)11-14-6-3-7-15-11/h1-2,4-5,11H,3,6-7H2,(H,12,13). The summed E-state index contributed by atoms with van der Waals surface area (Å²) >= 11 is 3.69. The molecule has 0 amide bonds. The molecule has 1 aliphatic heterocycles. The third-order valence-electron chi connectivity index (χ3n) is 2.27. The summed E-state index contributed by atoms with van der Waals surface area (Å²) < 4.78 is 0.297. The first-order valence-electron chi connectivity index (χ1n) is 4.84. The van der Waals surface area contributed by atoms with E-state index < -0.39 is 5.97 Å². The van der Waals surface area contributed by atoms with Gasteiger partial charge in [0.1, 0.15) is 0 Å². The molecule has 0 saturated carbocycles. The Morgan fingerprint density at radius 3 is 2.60 bits per heavy atom. The molecule has 80 valence electrons. The smallest absolute Gasteiger partial charge is 0.336 e. The summed E-state index contributed by atoms with van der Waals surface area (Å²) in [5, 5.41) is 9.08. The van der Waals surface area contributed by atoms with Gasteiger partial charge >= 0.3 is 5.97 Å². The molecule has 2 nitrogen and oxygen atoms in total. The summed E-state index contributed by atoms with van der Waals surface area (Å²) in [7, 11) is 0. The maximum absolute atomic E-state index is 11.0. The largest absolute Gasteiger partial charge is 0.478 e. The Kier molecular flexibility index (Phi) is 3.59. The van der Waals surface area contributed by atoms with Crippen LogP contribution in [0.25, 0.3) is 0 Å². The van der Waals surface area contributed by atoms with E-state index in [1.165, 1.54) is 6.42 Å². The Morgan fingerprint density at radius 2 is 1.93 bits per heavy atom. The second kappa shape index (κ2) is 4.94. The van der Waals surface area contributed by atoms with E-state index in [1.54, 1.807) is 12.1 Å². The predicted molar refractivity (Wildman–Crippen MR) is 65.7 cm³/mol. The van der Waals surface area contributed by atoms with Crippen LogP contribution >= 0.6 is 23.5 Å². The quantitative estimate of drug-likeness (QED) is 0.861. The van der Waals surface area contributed by atoms with Gasteiger partial charge in [0.25, 0.3) is 0 Å². The van der Waals surface area contributed by atoms with Crippen molar-refractivity contribution in [3.63, 3.8) is 0 Å². The third-order valence-corrected chi connectivity index (χ3v) is 5.25. The van der Waals surface area contributed by atoms with Gasteiger partial charge in [0, 0.05) is 0 Å². The fraction of sp³-hybridized carbons (Fsp3) is 0.364. The minimum absolute atomic E-state index is 0.297. The van der Waals surface area contributed by atoms with Gasteiger partial charge < -0.3 is 5.11 Å². The third kappa shape index (κ3) is 2.49. The molecule has 0 unspecified atom stereocenters. The zero-order valence-corrected chi connectivity index (χ0v) is 9.81. The highest BCUT2D eigenvalue weighted by Gasteiger charge is 2.21. The maximum atomic E-state index is 11.0. The minimum Gasteiger partial charge on any atom is -0.478 e. The highest BCUT2D eigenvalue weighted by molar-refractivity contribution is 8.16.